The van der Waals surface area contributed by atoms with Gasteiger partial charge in [0, 0.05) is 32.1 Å². The fourth-order valence-corrected chi connectivity index (χ4v) is 2.74. The van der Waals surface area contributed by atoms with Gasteiger partial charge in [0.25, 0.3) is 0 Å². The van der Waals surface area contributed by atoms with Crippen molar-refractivity contribution in [2.75, 3.05) is 26.2 Å². The summed E-state index contributed by atoms with van der Waals surface area (Å²) in [6, 6.07) is 0. The van der Waals surface area contributed by atoms with Gasteiger partial charge in [0.15, 0.2) is 5.82 Å². The molecule has 0 spiro atoms. The number of hydrogen-bond donors (Lipinski definition) is 1. The Morgan fingerprint density at radius 1 is 1.24 bits per heavy atom. The fraction of sp³-hybridized carbons (Fsp3) is 0.833. The Kier molecular flexibility index (Phi) is 3.38. The van der Waals surface area contributed by atoms with Gasteiger partial charge < -0.3 is 9.84 Å². The van der Waals surface area contributed by atoms with E-state index in [9.17, 15) is 0 Å². The second kappa shape index (κ2) is 5.14. The van der Waals surface area contributed by atoms with Crippen LogP contribution in [0, 0.1) is 0 Å². The zero-order chi connectivity index (χ0) is 11.5. The lowest BCUT2D eigenvalue weighted by Gasteiger charge is -2.25. The third kappa shape index (κ3) is 2.66. The van der Waals surface area contributed by atoms with E-state index < -0.39 is 0 Å². The van der Waals surface area contributed by atoms with E-state index >= 15 is 0 Å². The van der Waals surface area contributed by atoms with Crippen LogP contribution in [0.25, 0.3) is 0 Å². The Balaban J connectivity index is 1.59. The van der Waals surface area contributed by atoms with Crippen LogP contribution < -0.4 is 5.32 Å². The van der Waals surface area contributed by atoms with Crippen LogP contribution in [-0.2, 0) is 6.54 Å². The minimum absolute atomic E-state index is 0.551. The molecular weight excluding hydrogens is 216 g/mol. The summed E-state index contributed by atoms with van der Waals surface area (Å²) < 4.78 is 5.36. The maximum Gasteiger partial charge on any atom is 0.240 e. The highest BCUT2D eigenvalue weighted by Gasteiger charge is 2.23. The van der Waals surface area contributed by atoms with Crippen molar-refractivity contribution < 1.29 is 4.52 Å². The van der Waals surface area contributed by atoms with Gasteiger partial charge in [0.1, 0.15) is 0 Å². The number of nitrogens with one attached hydrogen (secondary N) is 1. The number of hydrogen-bond acceptors (Lipinski definition) is 5. The van der Waals surface area contributed by atoms with Crippen LogP contribution in [0.2, 0.25) is 0 Å². The van der Waals surface area contributed by atoms with Crippen molar-refractivity contribution in [1.82, 2.24) is 20.4 Å². The maximum absolute atomic E-state index is 5.36. The van der Waals surface area contributed by atoms with Crippen LogP contribution >= 0.6 is 0 Å². The van der Waals surface area contributed by atoms with E-state index in [1.165, 1.54) is 25.7 Å². The lowest BCUT2D eigenvalue weighted by molar-refractivity contribution is 0.203. The minimum atomic E-state index is 0.551. The van der Waals surface area contributed by atoms with Crippen LogP contribution in [0.5, 0.6) is 0 Å². The van der Waals surface area contributed by atoms with Crippen LogP contribution in [0.3, 0.4) is 0 Å². The summed E-state index contributed by atoms with van der Waals surface area (Å²) in [6.07, 6.45) is 5.08. The van der Waals surface area contributed by atoms with Gasteiger partial charge in [-0.25, -0.2) is 0 Å². The molecule has 1 aromatic rings. The molecule has 5 heteroatoms. The summed E-state index contributed by atoms with van der Waals surface area (Å²) in [6.45, 7) is 5.07. The molecule has 2 heterocycles. The van der Waals surface area contributed by atoms with Crippen molar-refractivity contribution in [2.24, 2.45) is 0 Å². The zero-order valence-electron chi connectivity index (χ0n) is 10.2. The van der Waals surface area contributed by atoms with Gasteiger partial charge in [-0.1, -0.05) is 18.0 Å². The third-order valence-electron chi connectivity index (χ3n) is 3.77. The van der Waals surface area contributed by atoms with E-state index in [1.54, 1.807) is 0 Å². The van der Waals surface area contributed by atoms with Gasteiger partial charge in [0.05, 0.1) is 6.54 Å². The highest BCUT2D eigenvalue weighted by molar-refractivity contribution is 4.97. The van der Waals surface area contributed by atoms with E-state index in [1.807, 2.05) is 0 Å². The molecule has 0 bridgehead atoms. The van der Waals surface area contributed by atoms with E-state index in [-0.39, 0.29) is 0 Å². The molecule has 0 amide bonds. The van der Waals surface area contributed by atoms with Crippen molar-refractivity contribution in [2.45, 2.75) is 38.1 Å². The fourth-order valence-electron chi connectivity index (χ4n) is 2.74. The van der Waals surface area contributed by atoms with Crippen molar-refractivity contribution in [3.63, 3.8) is 0 Å². The van der Waals surface area contributed by atoms with Crippen molar-refractivity contribution in [3.8, 4) is 0 Å². The highest BCUT2D eigenvalue weighted by atomic mass is 16.5. The monoisotopic (exact) mass is 236 g/mol. The third-order valence-corrected chi connectivity index (χ3v) is 3.77. The Bertz CT molecular complexity index is 353. The van der Waals surface area contributed by atoms with Gasteiger partial charge in [-0.15, -0.1) is 0 Å². The van der Waals surface area contributed by atoms with Gasteiger partial charge in [-0.05, 0) is 12.8 Å². The predicted octanol–water partition coefficient (Wildman–Crippen LogP) is 1.13. The SMILES string of the molecule is C1CCC(c2noc(CN3CCNCC3)n2)C1. The zero-order valence-corrected chi connectivity index (χ0v) is 10.2. The van der Waals surface area contributed by atoms with Crippen LogP contribution in [0.15, 0.2) is 4.52 Å². The average Bonchev–Trinajstić information content (AvgIpc) is 3.00. The summed E-state index contributed by atoms with van der Waals surface area (Å²) in [7, 11) is 0. The molecule has 0 aromatic carbocycles. The standard InChI is InChI=1S/C12H20N4O/c1-2-4-10(3-1)12-14-11(17-15-12)9-16-7-5-13-6-8-16/h10,13H,1-9H2. The molecule has 1 aromatic heterocycles. The van der Waals surface area contributed by atoms with Crippen LogP contribution in [0.1, 0.15) is 43.3 Å². The number of nitrogens with zero attached hydrogens (tertiary/aromatic N) is 3. The van der Waals surface area contributed by atoms with Crippen molar-refractivity contribution >= 4 is 0 Å². The molecule has 1 aliphatic heterocycles. The van der Waals surface area contributed by atoms with Crippen molar-refractivity contribution in [1.29, 1.82) is 0 Å². The lowest BCUT2D eigenvalue weighted by Crippen LogP contribution is -2.42. The second-order valence-corrected chi connectivity index (χ2v) is 5.05. The minimum Gasteiger partial charge on any atom is -0.338 e. The Labute approximate surface area is 102 Å². The summed E-state index contributed by atoms with van der Waals surface area (Å²) in [4.78, 5) is 6.91. The number of piperazine rings is 1. The molecule has 0 atom stereocenters. The Morgan fingerprint density at radius 2 is 2.00 bits per heavy atom. The first-order chi connectivity index (χ1) is 8.42. The average molecular weight is 236 g/mol. The lowest BCUT2D eigenvalue weighted by atomic mass is 10.1. The molecule has 2 fully saturated rings. The van der Waals surface area contributed by atoms with Crippen LogP contribution in [-0.4, -0.2) is 41.2 Å². The maximum atomic E-state index is 5.36. The first-order valence-electron chi connectivity index (χ1n) is 6.67. The first-order valence-corrected chi connectivity index (χ1v) is 6.67. The second-order valence-electron chi connectivity index (χ2n) is 5.05. The van der Waals surface area contributed by atoms with Crippen LogP contribution in [0.4, 0.5) is 0 Å². The Morgan fingerprint density at radius 3 is 2.76 bits per heavy atom. The number of aromatic nitrogens is 2. The molecule has 1 saturated carbocycles. The quantitative estimate of drug-likeness (QED) is 0.852. The molecule has 0 radical (unpaired) electrons. The van der Waals surface area contributed by atoms with E-state index in [0.717, 1.165) is 44.4 Å². The highest BCUT2D eigenvalue weighted by Crippen LogP contribution is 2.32. The molecular formula is C12H20N4O. The molecule has 2 aliphatic rings. The molecule has 1 aliphatic carbocycles. The summed E-state index contributed by atoms with van der Waals surface area (Å²) in [5.41, 5.74) is 0. The first kappa shape index (κ1) is 11.2. The summed E-state index contributed by atoms with van der Waals surface area (Å²) in [5.74, 6) is 2.27. The largest absolute Gasteiger partial charge is 0.338 e. The molecule has 94 valence electrons. The molecule has 1 N–H and O–H groups in total. The normalized spacial score (nSPS) is 23.3. The smallest absolute Gasteiger partial charge is 0.240 e. The Hall–Kier alpha value is -0.940. The van der Waals surface area contributed by atoms with Gasteiger partial charge >= 0.3 is 0 Å². The van der Waals surface area contributed by atoms with Gasteiger partial charge in [0.2, 0.25) is 5.89 Å². The van der Waals surface area contributed by atoms with E-state index in [2.05, 4.69) is 20.4 Å². The molecule has 5 nitrogen and oxygen atoms in total. The molecule has 0 unspecified atom stereocenters. The van der Waals surface area contributed by atoms with E-state index in [4.69, 9.17) is 4.52 Å². The van der Waals surface area contributed by atoms with Gasteiger partial charge in [-0.3, -0.25) is 4.90 Å². The topological polar surface area (TPSA) is 54.2 Å². The van der Waals surface area contributed by atoms with E-state index in [0.29, 0.717) is 5.92 Å². The summed E-state index contributed by atoms with van der Waals surface area (Å²) >= 11 is 0. The predicted molar refractivity (Wildman–Crippen MR) is 63.7 cm³/mol. The summed E-state index contributed by atoms with van der Waals surface area (Å²) in [5, 5.41) is 7.48. The molecule has 3 rings (SSSR count). The van der Waals surface area contributed by atoms with Crippen molar-refractivity contribution in [3.05, 3.63) is 11.7 Å². The van der Waals surface area contributed by atoms with Gasteiger partial charge in [-0.2, -0.15) is 4.98 Å². The molecule has 17 heavy (non-hydrogen) atoms. The number of rotatable bonds is 3. The molecule has 1 saturated heterocycles.